The highest BCUT2D eigenvalue weighted by Gasteiger charge is 2.06. The number of hydrogen-bond donors (Lipinski definition) is 1. The molecule has 0 aliphatic heterocycles. The van der Waals surface area contributed by atoms with Crippen molar-refractivity contribution in [1.82, 2.24) is 9.78 Å². The summed E-state index contributed by atoms with van der Waals surface area (Å²) in [6, 6.07) is 7.94. The number of ether oxygens (including phenoxy) is 1. The van der Waals surface area contributed by atoms with E-state index in [1.165, 1.54) is 0 Å². The van der Waals surface area contributed by atoms with E-state index in [4.69, 9.17) is 4.74 Å². The van der Waals surface area contributed by atoms with Gasteiger partial charge in [0.1, 0.15) is 12.4 Å². The lowest BCUT2D eigenvalue weighted by atomic mass is 10.2. The number of hydrogen-bond acceptors (Lipinski definition) is 3. The van der Waals surface area contributed by atoms with Crippen molar-refractivity contribution in [1.29, 1.82) is 0 Å². The van der Waals surface area contributed by atoms with Crippen LogP contribution in [0.25, 0.3) is 0 Å². The molecule has 0 amide bonds. The average Bonchev–Trinajstić information content (AvgIpc) is 2.94. The first-order valence-electron chi connectivity index (χ1n) is 6.70. The van der Waals surface area contributed by atoms with Crippen LogP contribution >= 0.6 is 15.9 Å². The van der Waals surface area contributed by atoms with Gasteiger partial charge in [0.25, 0.3) is 0 Å². The summed E-state index contributed by atoms with van der Waals surface area (Å²) in [4.78, 5) is 0. The standard InChI is InChI=1S/C15H19BrN2O2/c1-3-11(2)18-7-6-13(17-18)10-20-14-4-5-15(16)12(8-14)9-19/h4-8,11,19H,3,9-10H2,1-2H3. The maximum Gasteiger partial charge on any atom is 0.132 e. The lowest BCUT2D eigenvalue weighted by Gasteiger charge is -2.09. The highest BCUT2D eigenvalue weighted by atomic mass is 79.9. The maximum atomic E-state index is 9.22. The Morgan fingerprint density at radius 2 is 2.20 bits per heavy atom. The van der Waals surface area contributed by atoms with Crippen LogP contribution in [0.5, 0.6) is 5.75 Å². The van der Waals surface area contributed by atoms with Crippen LogP contribution in [-0.2, 0) is 13.2 Å². The normalized spacial score (nSPS) is 12.4. The minimum Gasteiger partial charge on any atom is -0.487 e. The molecule has 1 unspecified atom stereocenters. The van der Waals surface area contributed by atoms with Crippen LogP contribution in [0.1, 0.15) is 37.6 Å². The van der Waals surface area contributed by atoms with Crippen LogP contribution in [0.4, 0.5) is 0 Å². The van der Waals surface area contributed by atoms with Gasteiger partial charge < -0.3 is 9.84 Å². The quantitative estimate of drug-likeness (QED) is 0.873. The van der Waals surface area contributed by atoms with Crippen LogP contribution in [0.15, 0.2) is 34.9 Å². The number of aliphatic hydroxyl groups excluding tert-OH is 1. The Morgan fingerprint density at radius 1 is 1.40 bits per heavy atom. The molecular formula is C15H19BrN2O2. The van der Waals surface area contributed by atoms with Gasteiger partial charge in [-0.05, 0) is 43.2 Å². The summed E-state index contributed by atoms with van der Waals surface area (Å²) in [5.41, 5.74) is 1.71. The topological polar surface area (TPSA) is 47.3 Å². The van der Waals surface area contributed by atoms with E-state index < -0.39 is 0 Å². The number of halogens is 1. The van der Waals surface area contributed by atoms with E-state index >= 15 is 0 Å². The first-order valence-corrected chi connectivity index (χ1v) is 7.49. The SMILES string of the molecule is CCC(C)n1ccc(COc2ccc(Br)c(CO)c2)n1. The summed E-state index contributed by atoms with van der Waals surface area (Å²) in [5, 5.41) is 13.7. The third kappa shape index (κ3) is 3.61. The van der Waals surface area contributed by atoms with Crippen molar-refractivity contribution in [2.75, 3.05) is 0 Å². The molecule has 0 saturated heterocycles. The predicted octanol–water partition coefficient (Wildman–Crippen LogP) is 3.69. The molecule has 0 radical (unpaired) electrons. The van der Waals surface area contributed by atoms with Crippen LogP contribution in [-0.4, -0.2) is 14.9 Å². The lowest BCUT2D eigenvalue weighted by molar-refractivity contribution is 0.276. The first kappa shape index (κ1) is 15.1. The van der Waals surface area contributed by atoms with Crippen molar-refractivity contribution in [2.24, 2.45) is 0 Å². The molecule has 2 aromatic rings. The molecule has 0 bridgehead atoms. The Balaban J connectivity index is 2.00. The molecule has 5 heteroatoms. The number of aromatic nitrogens is 2. The average molecular weight is 339 g/mol. The van der Waals surface area contributed by atoms with E-state index in [9.17, 15) is 5.11 Å². The number of benzene rings is 1. The maximum absolute atomic E-state index is 9.22. The van der Waals surface area contributed by atoms with Gasteiger partial charge in [0.05, 0.1) is 12.3 Å². The van der Waals surface area contributed by atoms with Crippen molar-refractivity contribution in [3.05, 3.63) is 46.2 Å². The minimum atomic E-state index is -0.0135. The Kier molecular flexibility index (Phi) is 5.20. The monoisotopic (exact) mass is 338 g/mol. The Labute approximate surface area is 127 Å². The van der Waals surface area contributed by atoms with Crippen molar-refractivity contribution in [3.8, 4) is 5.75 Å². The van der Waals surface area contributed by atoms with Gasteiger partial charge in [0, 0.05) is 16.7 Å². The molecule has 2 rings (SSSR count). The van der Waals surface area contributed by atoms with E-state index in [0.717, 1.165) is 27.9 Å². The van der Waals surface area contributed by atoms with Crippen LogP contribution < -0.4 is 4.74 Å². The van der Waals surface area contributed by atoms with Crippen molar-refractivity contribution < 1.29 is 9.84 Å². The lowest BCUT2D eigenvalue weighted by Crippen LogP contribution is -2.05. The predicted molar refractivity (Wildman–Crippen MR) is 81.6 cm³/mol. The van der Waals surface area contributed by atoms with Crippen molar-refractivity contribution >= 4 is 15.9 Å². The fraction of sp³-hybridized carbons (Fsp3) is 0.400. The van der Waals surface area contributed by atoms with Gasteiger partial charge in [-0.1, -0.05) is 22.9 Å². The summed E-state index contributed by atoms with van der Waals surface area (Å²) < 4.78 is 8.55. The Bertz CT molecular complexity index is 569. The Morgan fingerprint density at radius 3 is 2.90 bits per heavy atom. The van der Waals surface area contributed by atoms with Crippen molar-refractivity contribution in [2.45, 2.75) is 39.5 Å². The van der Waals surface area contributed by atoms with E-state index in [0.29, 0.717) is 12.6 Å². The van der Waals surface area contributed by atoms with E-state index in [2.05, 4.69) is 34.9 Å². The Hall–Kier alpha value is -1.33. The molecule has 1 aromatic carbocycles. The zero-order valence-corrected chi connectivity index (χ0v) is 13.3. The fourth-order valence-corrected chi connectivity index (χ4v) is 2.18. The van der Waals surface area contributed by atoms with Crippen LogP contribution in [0.3, 0.4) is 0 Å². The van der Waals surface area contributed by atoms with Crippen molar-refractivity contribution in [3.63, 3.8) is 0 Å². The zero-order valence-electron chi connectivity index (χ0n) is 11.7. The van der Waals surface area contributed by atoms with E-state index in [1.54, 1.807) is 0 Å². The second kappa shape index (κ2) is 6.90. The molecular weight excluding hydrogens is 320 g/mol. The first-order chi connectivity index (χ1) is 9.63. The summed E-state index contributed by atoms with van der Waals surface area (Å²) in [6.07, 6.45) is 3.03. The molecule has 0 aliphatic rings. The molecule has 1 N–H and O–H groups in total. The highest BCUT2D eigenvalue weighted by molar-refractivity contribution is 9.10. The van der Waals surface area contributed by atoms with Gasteiger partial charge in [-0.25, -0.2) is 0 Å². The molecule has 1 heterocycles. The summed E-state index contributed by atoms with van der Waals surface area (Å²) >= 11 is 3.38. The molecule has 1 atom stereocenters. The summed E-state index contributed by atoms with van der Waals surface area (Å²) in [6.45, 7) is 4.69. The second-order valence-electron chi connectivity index (χ2n) is 4.74. The van der Waals surface area contributed by atoms with Gasteiger partial charge in [-0.2, -0.15) is 5.10 Å². The molecule has 0 saturated carbocycles. The van der Waals surface area contributed by atoms with E-state index in [-0.39, 0.29) is 6.61 Å². The van der Waals surface area contributed by atoms with Gasteiger partial charge >= 0.3 is 0 Å². The summed E-state index contributed by atoms with van der Waals surface area (Å²) in [5.74, 6) is 0.732. The molecule has 0 aliphatic carbocycles. The third-order valence-corrected chi connectivity index (χ3v) is 4.05. The van der Waals surface area contributed by atoms with Gasteiger partial charge in [-0.15, -0.1) is 0 Å². The number of aliphatic hydroxyl groups is 1. The zero-order chi connectivity index (χ0) is 14.5. The molecule has 0 fully saturated rings. The van der Waals surface area contributed by atoms with Gasteiger partial charge in [-0.3, -0.25) is 4.68 Å². The molecule has 108 valence electrons. The van der Waals surface area contributed by atoms with Crippen LogP contribution in [0.2, 0.25) is 0 Å². The molecule has 1 aromatic heterocycles. The molecule has 20 heavy (non-hydrogen) atoms. The second-order valence-corrected chi connectivity index (χ2v) is 5.60. The van der Waals surface area contributed by atoms with Gasteiger partial charge in [0.15, 0.2) is 0 Å². The molecule has 4 nitrogen and oxygen atoms in total. The number of nitrogens with zero attached hydrogens (tertiary/aromatic N) is 2. The number of rotatable bonds is 6. The third-order valence-electron chi connectivity index (χ3n) is 3.28. The minimum absolute atomic E-state index is 0.0135. The smallest absolute Gasteiger partial charge is 0.132 e. The highest BCUT2D eigenvalue weighted by Crippen LogP contribution is 2.23. The fourth-order valence-electron chi connectivity index (χ4n) is 1.81. The van der Waals surface area contributed by atoms with Gasteiger partial charge in [0.2, 0.25) is 0 Å². The largest absolute Gasteiger partial charge is 0.487 e. The van der Waals surface area contributed by atoms with Crippen LogP contribution in [0, 0.1) is 0 Å². The van der Waals surface area contributed by atoms with E-state index in [1.807, 2.05) is 35.1 Å². The molecule has 0 spiro atoms. The summed E-state index contributed by atoms with van der Waals surface area (Å²) in [7, 11) is 0.